The highest BCUT2D eigenvalue weighted by Crippen LogP contribution is 2.21. The van der Waals surface area contributed by atoms with Crippen LogP contribution in [0.1, 0.15) is 10.6 Å². The van der Waals surface area contributed by atoms with Crippen molar-refractivity contribution in [2.45, 2.75) is 13.5 Å². The van der Waals surface area contributed by atoms with Crippen LogP contribution in [0.4, 0.5) is 16.2 Å². The number of aromatic nitrogens is 1. The Morgan fingerprint density at radius 3 is 2.79 bits per heavy atom. The van der Waals surface area contributed by atoms with Crippen LogP contribution < -0.4 is 10.6 Å². The van der Waals surface area contributed by atoms with Gasteiger partial charge < -0.3 is 20.3 Å². The average Bonchev–Trinajstić information content (AvgIpc) is 3.03. The van der Waals surface area contributed by atoms with Crippen LogP contribution in [0.5, 0.6) is 0 Å². The van der Waals surface area contributed by atoms with Crippen LogP contribution in [0.3, 0.4) is 0 Å². The third-order valence-electron chi connectivity index (χ3n) is 3.24. The molecule has 0 saturated carbocycles. The fraction of sp³-hybridized carbons (Fsp3) is 0.312. The van der Waals surface area contributed by atoms with Crippen molar-refractivity contribution in [1.82, 2.24) is 9.88 Å². The Kier molecular flexibility index (Phi) is 6.28. The first-order valence-corrected chi connectivity index (χ1v) is 8.17. The zero-order valence-electron chi connectivity index (χ0n) is 13.8. The molecule has 0 radical (unpaired) electrons. The standard InChI is InChI=1S/C16H20N4O3S/c1-11-4-5-12(18-14(21)10-23-3)8-13(11)19-16(22)20(2)9-15-17-6-7-24-15/h4-8H,9-10H2,1-3H3,(H,18,21)(H,19,22). The predicted octanol–water partition coefficient (Wildman–Crippen LogP) is 2.70. The first-order valence-electron chi connectivity index (χ1n) is 7.29. The van der Waals surface area contributed by atoms with E-state index in [4.69, 9.17) is 4.74 Å². The van der Waals surface area contributed by atoms with E-state index in [0.29, 0.717) is 17.9 Å². The number of urea groups is 1. The maximum Gasteiger partial charge on any atom is 0.321 e. The van der Waals surface area contributed by atoms with Crippen molar-refractivity contribution in [3.63, 3.8) is 0 Å². The van der Waals surface area contributed by atoms with Crippen LogP contribution >= 0.6 is 11.3 Å². The van der Waals surface area contributed by atoms with Gasteiger partial charge in [0.25, 0.3) is 0 Å². The van der Waals surface area contributed by atoms with Crippen LogP contribution in [0.15, 0.2) is 29.8 Å². The lowest BCUT2D eigenvalue weighted by Gasteiger charge is -2.18. The number of nitrogens with zero attached hydrogens (tertiary/aromatic N) is 2. The number of hydrogen-bond donors (Lipinski definition) is 2. The van der Waals surface area contributed by atoms with Gasteiger partial charge in [0.05, 0.1) is 6.54 Å². The molecular weight excluding hydrogens is 328 g/mol. The molecule has 0 aliphatic heterocycles. The first-order chi connectivity index (χ1) is 11.5. The van der Waals surface area contributed by atoms with E-state index in [9.17, 15) is 9.59 Å². The maximum atomic E-state index is 12.3. The van der Waals surface area contributed by atoms with Gasteiger partial charge in [-0.2, -0.15) is 0 Å². The van der Waals surface area contributed by atoms with Gasteiger partial charge in [-0.05, 0) is 24.6 Å². The number of anilines is 2. The van der Waals surface area contributed by atoms with Crippen molar-refractivity contribution >= 4 is 34.6 Å². The Morgan fingerprint density at radius 1 is 1.33 bits per heavy atom. The number of hydrogen-bond acceptors (Lipinski definition) is 5. The number of thiazole rings is 1. The molecule has 1 aromatic carbocycles. The van der Waals surface area contributed by atoms with E-state index in [1.807, 2.05) is 18.4 Å². The van der Waals surface area contributed by atoms with Gasteiger partial charge in [0, 0.05) is 37.1 Å². The van der Waals surface area contributed by atoms with Gasteiger partial charge in [0.2, 0.25) is 5.91 Å². The molecule has 3 amide bonds. The molecule has 0 saturated heterocycles. The minimum atomic E-state index is -0.250. The van der Waals surface area contributed by atoms with E-state index in [2.05, 4.69) is 15.6 Å². The normalized spacial score (nSPS) is 10.3. The zero-order valence-corrected chi connectivity index (χ0v) is 14.6. The van der Waals surface area contributed by atoms with Crippen LogP contribution in [0.2, 0.25) is 0 Å². The SMILES string of the molecule is COCC(=O)Nc1ccc(C)c(NC(=O)N(C)Cc2nccs2)c1. The number of carbonyl (C=O) groups is 2. The summed E-state index contributed by atoms with van der Waals surface area (Å²) in [5.41, 5.74) is 2.14. The molecule has 1 heterocycles. The molecule has 0 atom stereocenters. The summed E-state index contributed by atoms with van der Waals surface area (Å²) in [4.78, 5) is 29.6. The number of ether oxygens (including phenoxy) is 1. The summed E-state index contributed by atoms with van der Waals surface area (Å²) in [6, 6.07) is 5.09. The molecule has 0 bridgehead atoms. The zero-order chi connectivity index (χ0) is 17.5. The molecule has 8 heteroatoms. The highest BCUT2D eigenvalue weighted by Gasteiger charge is 2.12. The summed E-state index contributed by atoms with van der Waals surface area (Å²) < 4.78 is 4.78. The van der Waals surface area contributed by atoms with E-state index in [0.717, 1.165) is 10.6 Å². The number of carbonyl (C=O) groups excluding carboxylic acids is 2. The molecular formula is C16H20N4O3S. The summed E-state index contributed by atoms with van der Waals surface area (Å²) in [5.74, 6) is -0.250. The second kappa shape index (κ2) is 8.42. The van der Waals surface area contributed by atoms with Crippen LogP contribution in [-0.2, 0) is 16.1 Å². The fourth-order valence-corrected chi connectivity index (χ4v) is 2.65. The molecule has 2 N–H and O–H groups in total. The van der Waals surface area contributed by atoms with Gasteiger partial charge in [0.1, 0.15) is 11.6 Å². The highest BCUT2D eigenvalue weighted by molar-refractivity contribution is 7.09. The molecule has 0 aliphatic rings. The number of aryl methyl sites for hydroxylation is 1. The molecule has 2 aromatic rings. The molecule has 2 rings (SSSR count). The molecule has 0 unspecified atom stereocenters. The maximum absolute atomic E-state index is 12.3. The molecule has 1 aromatic heterocycles. The van der Waals surface area contributed by atoms with Gasteiger partial charge in [0.15, 0.2) is 0 Å². The van der Waals surface area contributed by atoms with E-state index < -0.39 is 0 Å². The summed E-state index contributed by atoms with van der Waals surface area (Å²) in [5, 5.41) is 8.30. The van der Waals surface area contributed by atoms with Crippen LogP contribution in [0.25, 0.3) is 0 Å². The first kappa shape index (κ1) is 17.9. The monoisotopic (exact) mass is 348 g/mol. The van der Waals surface area contributed by atoms with Crippen molar-refractivity contribution in [2.24, 2.45) is 0 Å². The molecule has 0 fully saturated rings. The quantitative estimate of drug-likeness (QED) is 0.841. The molecule has 0 aliphatic carbocycles. The third-order valence-corrected chi connectivity index (χ3v) is 4.01. The number of methoxy groups -OCH3 is 1. The molecule has 128 valence electrons. The largest absolute Gasteiger partial charge is 0.375 e. The Bertz CT molecular complexity index is 703. The molecule has 0 spiro atoms. The topological polar surface area (TPSA) is 83.6 Å². The number of amides is 3. The van der Waals surface area contributed by atoms with Crippen molar-refractivity contribution in [3.8, 4) is 0 Å². The van der Waals surface area contributed by atoms with Crippen LogP contribution in [-0.4, -0.2) is 42.6 Å². The second-order valence-corrected chi connectivity index (χ2v) is 6.20. The lowest BCUT2D eigenvalue weighted by molar-refractivity contribution is -0.119. The Morgan fingerprint density at radius 2 is 2.12 bits per heavy atom. The highest BCUT2D eigenvalue weighted by atomic mass is 32.1. The van der Waals surface area contributed by atoms with Gasteiger partial charge in [-0.15, -0.1) is 11.3 Å². The lowest BCUT2D eigenvalue weighted by Crippen LogP contribution is -2.31. The lowest BCUT2D eigenvalue weighted by atomic mass is 10.2. The third kappa shape index (κ3) is 5.04. The fourth-order valence-electron chi connectivity index (χ4n) is 1.98. The number of nitrogens with one attached hydrogen (secondary N) is 2. The van der Waals surface area contributed by atoms with E-state index in [-0.39, 0.29) is 18.5 Å². The minimum absolute atomic E-state index is 0.0217. The number of benzene rings is 1. The smallest absolute Gasteiger partial charge is 0.321 e. The Balaban J connectivity index is 2.02. The van der Waals surface area contributed by atoms with Crippen molar-refractivity contribution in [2.75, 3.05) is 31.4 Å². The average molecular weight is 348 g/mol. The van der Waals surface area contributed by atoms with E-state index >= 15 is 0 Å². The summed E-state index contributed by atoms with van der Waals surface area (Å²) in [7, 11) is 3.16. The van der Waals surface area contributed by atoms with Gasteiger partial charge in [-0.3, -0.25) is 4.79 Å². The van der Waals surface area contributed by atoms with Crippen molar-refractivity contribution in [3.05, 3.63) is 40.3 Å². The molecule has 24 heavy (non-hydrogen) atoms. The van der Waals surface area contributed by atoms with Gasteiger partial charge >= 0.3 is 6.03 Å². The Hall–Kier alpha value is -2.45. The van der Waals surface area contributed by atoms with E-state index in [1.54, 1.807) is 30.3 Å². The van der Waals surface area contributed by atoms with Crippen molar-refractivity contribution < 1.29 is 14.3 Å². The Labute approximate surface area is 144 Å². The second-order valence-electron chi connectivity index (χ2n) is 5.22. The van der Waals surface area contributed by atoms with Gasteiger partial charge in [-0.1, -0.05) is 6.07 Å². The predicted molar refractivity (Wildman–Crippen MR) is 94.3 cm³/mol. The van der Waals surface area contributed by atoms with Crippen LogP contribution in [0, 0.1) is 6.92 Å². The van der Waals surface area contributed by atoms with Gasteiger partial charge in [-0.25, -0.2) is 9.78 Å². The minimum Gasteiger partial charge on any atom is -0.375 e. The summed E-state index contributed by atoms with van der Waals surface area (Å²) >= 11 is 1.50. The molecule has 7 nitrogen and oxygen atoms in total. The summed E-state index contributed by atoms with van der Waals surface area (Å²) in [6.07, 6.45) is 1.71. The number of rotatable bonds is 6. The summed E-state index contributed by atoms with van der Waals surface area (Å²) in [6.45, 7) is 2.30. The van der Waals surface area contributed by atoms with E-state index in [1.165, 1.54) is 18.4 Å². The van der Waals surface area contributed by atoms with Crippen molar-refractivity contribution in [1.29, 1.82) is 0 Å².